The van der Waals surface area contributed by atoms with Crippen LogP contribution < -0.4 is 11.1 Å². The number of nitrogen functional groups attached to an aromatic ring is 1. The third-order valence-corrected chi connectivity index (χ3v) is 3.48. The summed E-state index contributed by atoms with van der Waals surface area (Å²) in [5.41, 5.74) is 9.15. The summed E-state index contributed by atoms with van der Waals surface area (Å²) in [6.07, 6.45) is 1.37. The lowest BCUT2D eigenvalue weighted by Gasteiger charge is -2.25. The van der Waals surface area contributed by atoms with Crippen LogP contribution in [-0.2, 0) is 4.79 Å². The molecule has 0 spiro atoms. The van der Waals surface area contributed by atoms with Crippen LogP contribution in [0.4, 0.5) is 5.95 Å². The summed E-state index contributed by atoms with van der Waals surface area (Å²) in [6, 6.07) is 6.31. The van der Waals surface area contributed by atoms with Crippen molar-refractivity contribution < 1.29 is 4.79 Å². The number of amides is 1. The van der Waals surface area contributed by atoms with Crippen LogP contribution in [0.1, 0.15) is 24.4 Å². The quantitative estimate of drug-likeness (QED) is 0.796. The van der Waals surface area contributed by atoms with Gasteiger partial charge in [0.25, 0.3) is 0 Å². The van der Waals surface area contributed by atoms with Crippen LogP contribution in [0.3, 0.4) is 0 Å². The van der Waals surface area contributed by atoms with Crippen molar-refractivity contribution in [3.8, 4) is 0 Å². The number of aryl methyl sites for hydroxylation is 1. The summed E-state index contributed by atoms with van der Waals surface area (Å²) in [4.78, 5) is 15.6. The lowest BCUT2D eigenvalue weighted by Crippen LogP contribution is -2.36. The SMILES string of the molecule is Cc1ccc2nc(N)n(C3CCC(=O)NC3)c2c1. The van der Waals surface area contributed by atoms with Crippen LogP contribution in [0.2, 0.25) is 0 Å². The molecule has 0 radical (unpaired) electrons. The largest absolute Gasteiger partial charge is 0.369 e. The first-order chi connectivity index (χ1) is 8.65. The summed E-state index contributed by atoms with van der Waals surface area (Å²) in [5, 5.41) is 2.88. The fourth-order valence-corrected chi connectivity index (χ4v) is 2.55. The second kappa shape index (κ2) is 4.01. The van der Waals surface area contributed by atoms with E-state index in [1.165, 1.54) is 5.56 Å². The smallest absolute Gasteiger partial charge is 0.220 e. The minimum Gasteiger partial charge on any atom is -0.369 e. The number of fused-ring (bicyclic) bond motifs is 1. The molecule has 2 heterocycles. The topological polar surface area (TPSA) is 72.9 Å². The molecule has 0 bridgehead atoms. The Kier molecular flexibility index (Phi) is 2.47. The second-order valence-corrected chi connectivity index (χ2v) is 4.83. The summed E-state index contributed by atoms with van der Waals surface area (Å²) in [6.45, 7) is 2.68. The molecule has 3 N–H and O–H groups in total. The molecule has 1 aromatic carbocycles. The Morgan fingerprint density at radius 2 is 2.33 bits per heavy atom. The minimum atomic E-state index is 0.116. The number of rotatable bonds is 1. The van der Waals surface area contributed by atoms with Gasteiger partial charge in [0.15, 0.2) is 0 Å². The maximum absolute atomic E-state index is 11.2. The van der Waals surface area contributed by atoms with Crippen LogP contribution in [0.5, 0.6) is 0 Å². The van der Waals surface area contributed by atoms with E-state index in [0.717, 1.165) is 17.5 Å². The van der Waals surface area contributed by atoms with Crippen LogP contribution in [0, 0.1) is 6.92 Å². The molecule has 1 saturated heterocycles. The average Bonchev–Trinajstić information content (AvgIpc) is 2.66. The molecule has 5 heteroatoms. The van der Waals surface area contributed by atoms with Crippen LogP contribution >= 0.6 is 0 Å². The third-order valence-electron chi connectivity index (χ3n) is 3.48. The van der Waals surface area contributed by atoms with E-state index < -0.39 is 0 Å². The van der Waals surface area contributed by atoms with Crippen molar-refractivity contribution in [2.75, 3.05) is 12.3 Å². The zero-order chi connectivity index (χ0) is 12.7. The van der Waals surface area contributed by atoms with Crippen molar-refractivity contribution in [1.29, 1.82) is 0 Å². The van der Waals surface area contributed by atoms with Gasteiger partial charge >= 0.3 is 0 Å². The maximum Gasteiger partial charge on any atom is 0.220 e. The monoisotopic (exact) mass is 244 g/mol. The van der Waals surface area contributed by atoms with Crippen molar-refractivity contribution >= 4 is 22.9 Å². The molecule has 5 nitrogen and oxygen atoms in total. The fourth-order valence-electron chi connectivity index (χ4n) is 2.55. The Labute approximate surface area is 105 Å². The van der Waals surface area contributed by atoms with Gasteiger partial charge in [0.1, 0.15) is 0 Å². The normalized spacial score (nSPS) is 20.1. The second-order valence-electron chi connectivity index (χ2n) is 4.83. The van der Waals surface area contributed by atoms with Gasteiger partial charge in [-0.25, -0.2) is 4.98 Å². The standard InChI is InChI=1S/C13H16N4O/c1-8-2-4-10-11(6-8)17(13(14)16-10)9-3-5-12(18)15-7-9/h2,4,6,9H,3,5,7H2,1H3,(H2,14,16)(H,15,18). The average molecular weight is 244 g/mol. The summed E-state index contributed by atoms with van der Waals surface area (Å²) in [7, 11) is 0. The van der Waals surface area contributed by atoms with E-state index in [1.807, 2.05) is 16.7 Å². The molecule has 1 aliphatic rings. The van der Waals surface area contributed by atoms with E-state index in [4.69, 9.17) is 5.73 Å². The molecule has 1 atom stereocenters. The first-order valence-corrected chi connectivity index (χ1v) is 6.16. The Bertz CT molecular complexity index is 607. The molecule has 18 heavy (non-hydrogen) atoms. The zero-order valence-corrected chi connectivity index (χ0v) is 10.3. The highest BCUT2D eigenvalue weighted by molar-refractivity contribution is 5.80. The number of anilines is 1. The molecular formula is C13H16N4O. The third kappa shape index (κ3) is 1.72. The van der Waals surface area contributed by atoms with Crippen molar-refractivity contribution in [3.63, 3.8) is 0 Å². The van der Waals surface area contributed by atoms with Gasteiger partial charge in [0, 0.05) is 13.0 Å². The van der Waals surface area contributed by atoms with Crippen LogP contribution in [0.25, 0.3) is 11.0 Å². The summed E-state index contributed by atoms with van der Waals surface area (Å²) < 4.78 is 2.04. The molecule has 2 aromatic rings. The number of piperidine rings is 1. The molecule has 1 unspecified atom stereocenters. The van der Waals surface area contributed by atoms with Crippen LogP contribution in [0.15, 0.2) is 18.2 Å². The van der Waals surface area contributed by atoms with Crippen LogP contribution in [-0.4, -0.2) is 22.0 Å². The lowest BCUT2D eigenvalue weighted by molar-refractivity contribution is -0.122. The highest BCUT2D eigenvalue weighted by Crippen LogP contribution is 2.27. The number of imidazole rings is 1. The number of nitrogens with zero attached hydrogens (tertiary/aromatic N) is 2. The van der Waals surface area contributed by atoms with Gasteiger partial charge in [-0.2, -0.15) is 0 Å². The van der Waals surface area contributed by atoms with Gasteiger partial charge in [0.2, 0.25) is 11.9 Å². The molecular weight excluding hydrogens is 228 g/mol. The molecule has 1 amide bonds. The molecule has 1 aliphatic heterocycles. The van der Waals surface area contributed by atoms with Gasteiger partial charge in [-0.1, -0.05) is 6.07 Å². The molecule has 1 aromatic heterocycles. The van der Waals surface area contributed by atoms with E-state index in [-0.39, 0.29) is 11.9 Å². The summed E-state index contributed by atoms with van der Waals surface area (Å²) in [5.74, 6) is 0.641. The van der Waals surface area contributed by atoms with E-state index in [2.05, 4.69) is 23.3 Å². The van der Waals surface area contributed by atoms with Gasteiger partial charge in [-0.15, -0.1) is 0 Å². The number of hydrogen-bond donors (Lipinski definition) is 2. The van der Waals surface area contributed by atoms with E-state index in [9.17, 15) is 4.79 Å². The number of carbonyl (C=O) groups excluding carboxylic acids is 1. The van der Waals surface area contributed by atoms with Gasteiger partial charge in [0.05, 0.1) is 17.1 Å². The Hall–Kier alpha value is -2.04. The Balaban J connectivity index is 2.07. The molecule has 1 fully saturated rings. The van der Waals surface area contributed by atoms with Crippen molar-refractivity contribution in [2.45, 2.75) is 25.8 Å². The Morgan fingerprint density at radius 3 is 3.06 bits per heavy atom. The number of hydrogen-bond acceptors (Lipinski definition) is 3. The van der Waals surface area contributed by atoms with Gasteiger partial charge in [-0.3, -0.25) is 4.79 Å². The number of aromatic nitrogens is 2. The highest BCUT2D eigenvalue weighted by atomic mass is 16.1. The highest BCUT2D eigenvalue weighted by Gasteiger charge is 2.23. The van der Waals surface area contributed by atoms with Gasteiger partial charge in [-0.05, 0) is 31.0 Å². The maximum atomic E-state index is 11.2. The fraction of sp³-hybridized carbons (Fsp3) is 0.385. The van der Waals surface area contributed by atoms with E-state index in [1.54, 1.807) is 0 Å². The van der Waals surface area contributed by atoms with Gasteiger partial charge < -0.3 is 15.6 Å². The molecule has 0 aliphatic carbocycles. The first kappa shape index (κ1) is 11.1. The van der Waals surface area contributed by atoms with Crippen molar-refractivity contribution in [3.05, 3.63) is 23.8 Å². The van der Waals surface area contributed by atoms with Crippen molar-refractivity contribution in [2.24, 2.45) is 0 Å². The number of benzene rings is 1. The molecule has 94 valence electrons. The van der Waals surface area contributed by atoms with E-state index in [0.29, 0.717) is 18.9 Å². The zero-order valence-electron chi connectivity index (χ0n) is 10.3. The molecule has 3 rings (SSSR count). The molecule has 0 saturated carbocycles. The summed E-state index contributed by atoms with van der Waals surface area (Å²) >= 11 is 0. The van der Waals surface area contributed by atoms with E-state index >= 15 is 0 Å². The predicted molar refractivity (Wildman–Crippen MR) is 70.2 cm³/mol. The first-order valence-electron chi connectivity index (χ1n) is 6.16. The van der Waals surface area contributed by atoms with Crippen molar-refractivity contribution in [1.82, 2.24) is 14.9 Å². The number of nitrogens with two attached hydrogens (primary N) is 1. The minimum absolute atomic E-state index is 0.116. The lowest BCUT2D eigenvalue weighted by atomic mass is 10.1. The Morgan fingerprint density at radius 1 is 1.50 bits per heavy atom. The number of nitrogens with one attached hydrogen (secondary N) is 1. The number of carbonyl (C=O) groups is 1. The predicted octanol–water partition coefficient (Wildman–Crippen LogP) is 1.38.